The zero-order valence-electron chi connectivity index (χ0n) is 15.3. The van der Waals surface area contributed by atoms with Crippen LogP contribution in [0.3, 0.4) is 0 Å². The van der Waals surface area contributed by atoms with Gasteiger partial charge in [-0.1, -0.05) is 29.8 Å². The molecule has 3 aromatic rings. The van der Waals surface area contributed by atoms with Crippen molar-refractivity contribution in [2.45, 2.75) is 6.92 Å². The zero-order chi connectivity index (χ0) is 20.1. The Hall–Kier alpha value is -3.32. The average Bonchev–Trinajstić information content (AvgIpc) is 3.12. The molecule has 28 heavy (non-hydrogen) atoms. The number of rotatable bonds is 6. The Morgan fingerprint density at radius 1 is 1.14 bits per heavy atom. The van der Waals surface area contributed by atoms with Crippen LogP contribution in [0.1, 0.15) is 27.6 Å². The van der Waals surface area contributed by atoms with Gasteiger partial charge in [0.25, 0.3) is 5.91 Å². The van der Waals surface area contributed by atoms with Crippen LogP contribution < -0.4 is 10.1 Å². The van der Waals surface area contributed by atoms with Gasteiger partial charge in [0.05, 0.1) is 31.2 Å². The van der Waals surface area contributed by atoms with Crippen LogP contribution in [0.4, 0.5) is 5.82 Å². The maximum atomic E-state index is 12.9. The summed E-state index contributed by atoms with van der Waals surface area (Å²) in [7, 11) is 1.46. The molecule has 0 bridgehead atoms. The van der Waals surface area contributed by atoms with Gasteiger partial charge >= 0.3 is 5.97 Å². The Balaban J connectivity index is 2.04. The fourth-order valence-electron chi connectivity index (χ4n) is 2.62. The number of para-hydroxylation sites is 1. The third-order valence-electron chi connectivity index (χ3n) is 3.90. The normalized spacial score (nSPS) is 10.4. The minimum absolute atomic E-state index is 0.139. The second-order valence-electron chi connectivity index (χ2n) is 5.67. The highest BCUT2D eigenvalue weighted by molar-refractivity contribution is 6.31. The van der Waals surface area contributed by atoms with E-state index in [9.17, 15) is 9.59 Å². The molecular weight excluding hydrogens is 382 g/mol. The van der Waals surface area contributed by atoms with Crippen LogP contribution >= 0.6 is 11.6 Å². The van der Waals surface area contributed by atoms with Gasteiger partial charge in [-0.2, -0.15) is 5.10 Å². The van der Waals surface area contributed by atoms with E-state index in [1.807, 2.05) is 18.2 Å². The number of hydrogen-bond acceptors (Lipinski definition) is 5. The van der Waals surface area contributed by atoms with Gasteiger partial charge in [0.2, 0.25) is 0 Å². The molecule has 1 amide bonds. The number of ether oxygens (including phenoxy) is 2. The van der Waals surface area contributed by atoms with Gasteiger partial charge in [-0.3, -0.25) is 4.79 Å². The molecule has 0 unspecified atom stereocenters. The number of methoxy groups -OCH3 is 1. The molecule has 0 aliphatic heterocycles. The highest BCUT2D eigenvalue weighted by atomic mass is 35.5. The summed E-state index contributed by atoms with van der Waals surface area (Å²) in [5.74, 6) is -0.539. The molecule has 8 heteroatoms. The van der Waals surface area contributed by atoms with Crippen LogP contribution in [0.5, 0.6) is 5.75 Å². The molecule has 2 aromatic carbocycles. The smallest absolute Gasteiger partial charge is 0.343 e. The van der Waals surface area contributed by atoms with Crippen molar-refractivity contribution in [2.75, 3.05) is 19.0 Å². The third kappa shape index (κ3) is 3.99. The SMILES string of the molecule is CCOC(=O)c1cnn(-c2ccccc2)c1NC(=O)c1cc(Cl)ccc1OC. The molecule has 0 saturated heterocycles. The fraction of sp³-hybridized carbons (Fsp3) is 0.150. The van der Waals surface area contributed by atoms with Crippen molar-refractivity contribution in [1.82, 2.24) is 9.78 Å². The van der Waals surface area contributed by atoms with E-state index < -0.39 is 11.9 Å². The molecule has 1 N–H and O–H groups in total. The number of amides is 1. The number of aromatic nitrogens is 2. The third-order valence-corrected chi connectivity index (χ3v) is 4.14. The van der Waals surface area contributed by atoms with E-state index in [2.05, 4.69) is 10.4 Å². The Labute approximate surface area is 166 Å². The van der Waals surface area contributed by atoms with Crippen molar-refractivity contribution in [3.8, 4) is 11.4 Å². The van der Waals surface area contributed by atoms with Crippen LogP contribution in [0.2, 0.25) is 5.02 Å². The van der Waals surface area contributed by atoms with E-state index in [1.165, 1.54) is 24.1 Å². The molecule has 0 aliphatic rings. The predicted molar refractivity (Wildman–Crippen MR) is 105 cm³/mol. The Morgan fingerprint density at radius 3 is 2.57 bits per heavy atom. The van der Waals surface area contributed by atoms with Gasteiger partial charge in [-0.05, 0) is 37.3 Å². The van der Waals surface area contributed by atoms with Gasteiger partial charge in [0.1, 0.15) is 11.3 Å². The van der Waals surface area contributed by atoms with Crippen molar-refractivity contribution in [3.05, 3.63) is 70.9 Å². The van der Waals surface area contributed by atoms with Crippen LogP contribution in [0, 0.1) is 0 Å². The highest BCUT2D eigenvalue weighted by Crippen LogP contribution is 2.26. The number of carbonyl (C=O) groups is 2. The Bertz CT molecular complexity index is 1000. The molecule has 1 aromatic heterocycles. The fourth-order valence-corrected chi connectivity index (χ4v) is 2.80. The van der Waals surface area contributed by atoms with Crippen molar-refractivity contribution < 1.29 is 19.1 Å². The van der Waals surface area contributed by atoms with E-state index in [0.29, 0.717) is 16.5 Å². The number of esters is 1. The summed E-state index contributed by atoms with van der Waals surface area (Å²) in [6, 6.07) is 13.8. The van der Waals surface area contributed by atoms with Crippen LogP contribution in [0.25, 0.3) is 5.69 Å². The lowest BCUT2D eigenvalue weighted by atomic mass is 10.2. The summed E-state index contributed by atoms with van der Waals surface area (Å²) in [6.45, 7) is 1.90. The largest absolute Gasteiger partial charge is 0.496 e. The zero-order valence-corrected chi connectivity index (χ0v) is 16.1. The number of carbonyl (C=O) groups excluding carboxylic acids is 2. The maximum Gasteiger partial charge on any atom is 0.343 e. The first-order chi connectivity index (χ1) is 13.5. The lowest BCUT2D eigenvalue weighted by molar-refractivity contribution is 0.0527. The lowest BCUT2D eigenvalue weighted by Gasteiger charge is -2.13. The quantitative estimate of drug-likeness (QED) is 0.634. The second-order valence-corrected chi connectivity index (χ2v) is 6.11. The first-order valence-electron chi connectivity index (χ1n) is 8.50. The highest BCUT2D eigenvalue weighted by Gasteiger charge is 2.23. The van der Waals surface area contributed by atoms with Gasteiger partial charge in [0, 0.05) is 5.02 Å². The second kappa shape index (κ2) is 8.58. The first-order valence-corrected chi connectivity index (χ1v) is 8.88. The van der Waals surface area contributed by atoms with E-state index in [1.54, 1.807) is 31.2 Å². The lowest BCUT2D eigenvalue weighted by Crippen LogP contribution is -2.18. The summed E-state index contributed by atoms with van der Waals surface area (Å²) in [5.41, 5.74) is 1.04. The van der Waals surface area contributed by atoms with E-state index in [4.69, 9.17) is 21.1 Å². The molecule has 7 nitrogen and oxygen atoms in total. The number of benzene rings is 2. The van der Waals surface area contributed by atoms with Crippen molar-refractivity contribution in [1.29, 1.82) is 0 Å². The van der Waals surface area contributed by atoms with Crippen LogP contribution in [0.15, 0.2) is 54.7 Å². The standard InChI is InChI=1S/C20H18ClN3O4/c1-3-28-20(26)16-12-22-24(14-7-5-4-6-8-14)18(16)23-19(25)15-11-13(21)9-10-17(15)27-2/h4-12H,3H2,1-2H3,(H,23,25). The van der Waals surface area contributed by atoms with E-state index in [0.717, 1.165) is 0 Å². The number of anilines is 1. The first kappa shape index (κ1) is 19.4. The van der Waals surface area contributed by atoms with Gasteiger partial charge in [-0.25, -0.2) is 9.48 Å². The number of halogens is 1. The Kier molecular flexibility index (Phi) is 5.96. The summed E-state index contributed by atoms with van der Waals surface area (Å²) in [4.78, 5) is 25.2. The minimum Gasteiger partial charge on any atom is -0.496 e. The molecule has 144 valence electrons. The molecule has 1 heterocycles. The Morgan fingerprint density at radius 2 is 1.89 bits per heavy atom. The van der Waals surface area contributed by atoms with Gasteiger partial charge in [-0.15, -0.1) is 0 Å². The number of hydrogen-bond donors (Lipinski definition) is 1. The van der Waals surface area contributed by atoms with E-state index in [-0.39, 0.29) is 23.6 Å². The van der Waals surface area contributed by atoms with Crippen LogP contribution in [-0.4, -0.2) is 35.4 Å². The number of nitrogens with one attached hydrogen (secondary N) is 1. The molecule has 0 radical (unpaired) electrons. The molecular formula is C20H18ClN3O4. The summed E-state index contributed by atoms with van der Waals surface area (Å²) >= 11 is 6.02. The minimum atomic E-state index is -0.585. The summed E-state index contributed by atoms with van der Waals surface area (Å²) < 4.78 is 11.8. The van der Waals surface area contributed by atoms with Crippen molar-refractivity contribution in [3.63, 3.8) is 0 Å². The van der Waals surface area contributed by atoms with Crippen molar-refractivity contribution in [2.24, 2.45) is 0 Å². The van der Waals surface area contributed by atoms with Crippen LogP contribution in [-0.2, 0) is 4.74 Å². The van der Waals surface area contributed by atoms with Gasteiger partial charge < -0.3 is 14.8 Å². The average molecular weight is 400 g/mol. The summed E-state index contributed by atoms with van der Waals surface area (Å²) in [5, 5.41) is 7.36. The van der Waals surface area contributed by atoms with Crippen molar-refractivity contribution >= 4 is 29.3 Å². The monoisotopic (exact) mass is 399 g/mol. The predicted octanol–water partition coefficient (Wildman–Crippen LogP) is 3.96. The topological polar surface area (TPSA) is 82.5 Å². The molecule has 0 fully saturated rings. The molecule has 0 spiro atoms. The van der Waals surface area contributed by atoms with E-state index >= 15 is 0 Å². The molecule has 0 atom stereocenters. The molecule has 0 aliphatic carbocycles. The molecule has 0 saturated carbocycles. The summed E-state index contributed by atoms with van der Waals surface area (Å²) in [6.07, 6.45) is 1.36. The molecule has 3 rings (SSSR count). The number of nitrogens with zero attached hydrogens (tertiary/aromatic N) is 2. The van der Waals surface area contributed by atoms with Gasteiger partial charge in [0.15, 0.2) is 5.82 Å². The maximum absolute atomic E-state index is 12.9.